The molecule has 0 nitrogen and oxygen atoms in total. The average Bonchev–Trinajstić information content (AvgIpc) is 1.89. The standard InChI is InChI=1S/C9H18.2ClH.Mg/c1-3-5-7-9-8-6-4-2;;;/h5,7H,3-4,6,8-9H2,1-2H3;2*1H;/q;;;+2/p-2/b7-5-;;;. The third-order valence-corrected chi connectivity index (χ3v) is 1.38. The second kappa shape index (κ2) is 22.7. The Kier molecular flexibility index (Phi) is 43.8. The van der Waals surface area contributed by atoms with E-state index in [0.29, 0.717) is 0 Å². The molecule has 0 rings (SSSR count). The van der Waals surface area contributed by atoms with Crippen molar-refractivity contribution in [1.29, 1.82) is 0 Å². The summed E-state index contributed by atoms with van der Waals surface area (Å²) in [7, 11) is 0. The summed E-state index contributed by atoms with van der Waals surface area (Å²) in [5.41, 5.74) is 0. The monoisotopic (exact) mass is 220 g/mol. The van der Waals surface area contributed by atoms with Gasteiger partial charge in [0.2, 0.25) is 0 Å². The molecule has 0 amide bonds. The Morgan fingerprint density at radius 3 is 1.92 bits per heavy atom. The number of unbranched alkanes of at least 4 members (excludes halogenated alkanes) is 3. The van der Waals surface area contributed by atoms with Crippen LogP contribution in [0.5, 0.6) is 0 Å². The predicted octanol–water partition coefficient (Wildman–Crippen LogP) is -2.84. The zero-order valence-corrected chi connectivity index (χ0v) is 11.1. The molecule has 0 unspecified atom stereocenters. The third kappa shape index (κ3) is 22.5. The van der Waals surface area contributed by atoms with Crippen molar-refractivity contribution >= 4 is 23.1 Å². The molecular weight excluding hydrogens is 203 g/mol. The van der Waals surface area contributed by atoms with Crippen LogP contribution in [0.3, 0.4) is 0 Å². The maximum Gasteiger partial charge on any atom is 2.00 e. The SMILES string of the molecule is CC/C=C\CCCCC.[Cl-].[Cl-].[Mg+2]. The van der Waals surface area contributed by atoms with Crippen LogP contribution in [0.25, 0.3) is 0 Å². The fourth-order valence-electron chi connectivity index (χ4n) is 0.797. The molecule has 0 bridgehead atoms. The van der Waals surface area contributed by atoms with Crippen LogP contribution in [0.2, 0.25) is 0 Å². The van der Waals surface area contributed by atoms with E-state index in [1.165, 1.54) is 32.1 Å². The molecule has 0 heterocycles. The summed E-state index contributed by atoms with van der Waals surface area (Å²) in [6.45, 7) is 4.42. The van der Waals surface area contributed by atoms with E-state index in [1.807, 2.05) is 0 Å². The van der Waals surface area contributed by atoms with Crippen molar-refractivity contribution in [2.24, 2.45) is 0 Å². The van der Waals surface area contributed by atoms with Crippen molar-refractivity contribution in [3.63, 3.8) is 0 Å². The first-order valence-electron chi connectivity index (χ1n) is 4.06. The maximum absolute atomic E-state index is 2.29. The normalized spacial score (nSPS) is 8.17. The van der Waals surface area contributed by atoms with Gasteiger partial charge in [-0.25, -0.2) is 0 Å². The van der Waals surface area contributed by atoms with E-state index < -0.39 is 0 Å². The van der Waals surface area contributed by atoms with Gasteiger partial charge in [-0.15, -0.1) is 0 Å². The van der Waals surface area contributed by atoms with Gasteiger partial charge in [-0.1, -0.05) is 38.8 Å². The van der Waals surface area contributed by atoms with Gasteiger partial charge in [-0.05, 0) is 19.3 Å². The fraction of sp³-hybridized carbons (Fsp3) is 0.778. The van der Waals surface area contributed by atoms with Gasteiger partial charge in [0.05, 0.1) is 0 Å². The molecule has 0 aromatic heterocycles. The molecule has 0 saturated heterocycles. The van der Waals surface area contributed by atoms with Gasteiger partial charge >= 0.3 is 23.1 Å². The van der Waals surface area contributed by atoms with Crippen LogP contribution in [0.15, 0.2) is 12.2 Å². The molecule has 0 N–H and O–H groups in total. The van der Waals surface area contributed by atoms with Crippen molar-refractivity contribution in [3.8, 4) is 0 Å². The summed E-state index contributed by atoms with van der Waals surface area (Å²) in [5.74, 6) is 0. The zero-order valence-electron chi connectivity index (χ0n) is 8.15. The van der Waals surface area contributed by atoms with Gasteiger partial charge in [0.1, 0.15) is 0 Å². The summed E-state index contributed by atoms with van der Waals surface area (Å²) in [6.07, 6.45) is 11.1. The Labute approximate surface area is 106 Å². The molecule has 0 saturated carbocycles. The molecular formula is C9H18Cl2Mg. The number of hydrogen-bond acceptors (Lipinski definition) is 0. The van der Waals surface area contributed by atoms with Gasteiger partial charge in [0.15, 0.2) is 0 Å². The molecule has 0 aliphatic rings. The molecule has 3 heteroatoms. The molecule has 0 fully saturated rings. The molecule has 0 radical (unpaired) electrons. The number of hydrogen-bond donors (Lipinski definition) is 0. The minimum atomic E-state index is 0. The average molecular weight is 221 g/mol. The molecule has 0 aromatic carbocycles. The van der Waals surface area contributed by atoms with E-state index in [-0.39, 0.29) is 47.9 Å². The van der Waals surface area contributed by atoms with Crippen LogP contribution in [-0.4, -0.2) is 23.1 Å². The smallest absolute Gasteiger partial charge is 1.00 e. The Hall–Kier alpha value is 1.09. The molecule has 0 aromatic rings. The number of allylic oxidation sites excluding steroid dienone is 2. The van der Waals surface area contributed by atoms with Crippen LogP contribution in [0, 0.1) is 0 Å². The molecule has 0 spiro atoms. The fourth-order valence-corrected chi connectivity index (χ4v) is 0.797. The summed E-state index contributed by atoms with van der Waals surface area (Å²) in [5, 5.41) is 0. The van der Waals surface area contributed by atoms with Crippen molar-refractivity contribution in [2.45, 2.75) is 46.0 Å². The molecule has 12 heavy (non-hydrogen) atoms. The van der Waals surface area contributed by atoms with Crippen molar-refractivity contribution in [1.82, 2.24) is 0 Å². The quantitative estimate of drug-likeness (QED) is 0.267. The maximum atomic E-state index is 2.29. The van der Waals surface area contributed by atoms with Gasteiger partial charge in [-0.3, -0.25) is 0 Å². The second-order valence-electron chi connectivity index (χ2n) is 2.38. The van der Waals surface area contributed by atoms with E-state index in [1.54, 1.807) is 0 Å². The van der Waals surface area contributed by atoms with E-state index >= 15 is 0 Å². The van der Waals surface area contributed by atoms with Gasteiger partial charge in [0.25, 0.3) is 0 Å². The van der Waals surface area contributed by atoms with Crippen LogP contribution in [0.4, 0.5) is 0 Å². The summed E-state index contributed by atoms with van der Waals surface area (Å²) >= 11 is 0. The Morgan fingerprint density at radius 1 is 0.917 bits per heavy atom. The van der Waals surface area contributed by atoms with E-state index in [4.69, 9.17) is 0 Å². The minimum absolute atomic E-state index is 0. The minimum Gasteiger partial charge on any atom is -1.00 e. The summed E-state index contributed by atoms with van der Waals surface area (Å²) in [4.78, 5) is 0. The number of rotatable bonds is 5. The first kappa shape index (κ1) is 23.2. The molecule has 0 atom stereocenters. The second-order valence-corrected chi connectivity index (χ2v) is 2.38. The number of halogens is 2. The Bertz CT molecular complexity index is 74.9. The summed E-state index contributed by atoms with van der Waals surface area (Å²) in [6, 6.07) is 0. The van der Waals surface area contributed by atoms with Gasteiger partial charge < -0.3 is 24.8 Å². The Morgan fingerprint density at radius 2 is 1.50 bits per heavy atom. The van der Waals surface area contributed by atoms with Crippen molar-refractivity contribution < 1.29 is 24.8 Å². The first-order chi connectivity index (χ1) is 4.41. The van der Waals surface area contributed by atoms with Crippen LogP contribution in [-0.2, 0) is 0 Å². The Balaban J connectivity index is -0.000000107. The third-order valence-electron chi connectivity index (χ3n) is 1.38. The topological polar surface area (TPSA) is 0 Å². The van der Waals surface area contributed by atoms with Crippen LogP contribution in [0.1, 0.15) is 46.0 Å². The molecule has 0 aliphatic heterocycles. The molecule has 0 aliphatic carbocycles. The van der Waals surface area contributed by atoms with Crippen LogP contribution >= 0.6 is 0 Å². The van der Waals surface area contributed by atoms with Crippen molar-refractivity contribution in [3.05, 3.63) is 12.2 Å². The molecule has 70 valence electrons. The largest absolute Gasteiger partial charge is 2.00 e. The van der Waals surface area contributed by atoms with Crippen LogP contribution < -0.4 is 24.8 Å². The predicted molar refractivity (Wildman–Crippen MR) is 49.3 cm³/mol. The van der Waals surface area contributed by atoms with E-state index in [0.717, 1.165) is 0 Å². The van der Waals surface area contributed by atoms with Gasteiger partial charge in [0, 0.05) is 0 Å². The first-order valence-corrected chi connectivity index (χ1v) is 4.06. The van der Waals surface area contributed by atoms with E-state index in [2.05, 4.69) is 26.0 Å². The summed E-state index contributed by atoms with van der Waals surface area (Å²) < 4.78 is 0. The zero-order chi connectivity index (χ0) is 6.95. The van der Waals surface area contributed by atoms with Crippen molar-refractivity contribution in [2.75, 3.05) is 0 Å². The van der Waals surface area contributed by atoms with Gasteiger partial charge in [-0.2, -0.15) is 0 Å². The van der Waals surface area contributed by atoms with E-state index in [9.17, 15) is 0 Å².